The summed E-state index contributed by atoms with van der Waals surface area (Å²) in [5.74, 6) is 1.54. The van der Waals surface area contributed by atoms with Crippen molar-refractivity contribution >= 4 is 11.9 Å². The van der Waals surface area contributed by atoms with Crippen molar-refractivity contribution in [3.63, 3.8) is 0 Å². The van der Waals surface area contributed by atoms with Gasteiger partial charge >= 0.3 is 6.03 Å². The van der Waals surface area contributed by atoms with Crippen LogP contribution in [0.15, 0.2) is 36.2 Å². The number of amides is 3. The molecule has 2 aliphatic heterocycles. The topological polar surface area (TPSA) is 56.8 Å². The molecule has 2 atom stereocenters. The minimum atomic E-state index is -0.683. The first-order valence-corrected chi connectivity index (χ1v) is 11.2. The van der Waals surface area contributed by atoms with Gasteiger partial charge in [-0.3, -0.25) is 19.6 Å². The number of likely N-dealkylation sites (tertiary alicyclic amines) is 1. The van der Waals surface area contributed by atoms with E-state index in [1.807, 2.05) is 12.1 Å². The average Bonchev–Trinajstić information content (AvgIpc) is 2.92. The number of hydrogen-bond donors (Lipinski definition) is 0. The first kappa shape index (κ1) is 19.7. The van der Waals surface area contributed by atoms with Gasteiger partial charge in [0.2, 0.25) is 0 Å². The lowest BCUT2D eigenvalue weighted by atomic mass is 9.49. The van der Waals surface area contributed by atoms with Gasteiger partial charge in [-0.25, -0.2) is 4.79 Å². The average molecular weight is 409 g/mol. The van der Waals surface area contributed by atoms with Gasteiger partial charge in [-0.15, -0.1) is 0 Å². The van der Waals surface area contributed by atoms with E-state index in [0.717, 1.165) is 37.0 Å². The minimum absolute atomic E-state index is 0.0432. The third-order valence-electron chi connectivity index (χ3n) is 8.54. The molecule has 30 heavy (non-hydrogen) atoms. The van der Waals surface area contributed by atoms with Gasteiger partial charge in [0.05, 0.1) is 6.54 Å². The predicted octanol–water partition coefficient (Wildman–Crippen LogP) is 3.30. The van der Waals surface area contributed by atoms with E-state index in [4.69, 9.17) is 0 Å². The molecule has 5 aliphatic rings. The molecular formula is C24H32N4O2. The summed E-state index contributed by atoms with van der Waals surface area (Å²) in [4.78, 5) is 36.0. The fourth-order valence-electron chi connectivity index (χ4n) is 6.20. The van der Waals surface area contributed by atoms with E-state index in [2.05, 4.69) is 29.8 Å². The molecule has 0 radical (unpaired) electrons. The first-order chi connectivity index (χ1) is 14.3. The van der Waals surface area contributed by atoms with Crippen LogP contribution in [0.3, 0.4) is 0 Å². The maximum Gasteiger partial charge on any atom is 0.327 e. The van der Waals surface area contributed by atoms with Crippen LogP contribution in [0.5, 0.6) is 0 Å². The van der Waals surface area contributed by atoms with Crippen LogP contribution in [0.1, 0.15) is 45.1 Å². The quantitative estimate of drug-likeness (QED) is 0.567. The summed E-state index contributed by atoms with van der Waals surface area (Å²) >= 11 is 0. The number of piperidine rings is 1. The Balaban J connectivity index is 1.25. The van der Waals surface area contributed by atoms with Crippen LogP contribution in [0.2, 0.25) is 0 Å². The molecule has 0 unspecified atom stereocenters. The Morgan fingerprint density at radius 1 is 1.17 bits per heavy atom. The van der Waals surface area contributed by atoms with Gasteiger partial charge in [0.15, 0.2) is 0 Å². The summed E-state index contributed by atoms with van der Waals surface area (Å²) in [7, 11) is 1.79. The molecular weight excluding hydrogens is 376 g/mol. The molecule has 0 N–H and O–H groups in total. The zero-order valence-electron chi connectivity index (χ0n) is 18.3. The highest BCUT2D eigenvalue weighted by Crippen LogP contribution is 2.59. The fourth-order valence-corrected chi connectivity index (χ4v) is 6.20. The Morgan fingerprint density at radius 2 is 1.93 bits per heavy atom. The van der Waals surface area contributed by atoms with Gasteiger partial charge in [0, 0.05) is 39.1 Å². The maximum absolute atomic E-state index is 13.4. The van der Waals surface area contributed by atoms with Crippen molar-refractivity contribution in [1.82, 2.24) is 19.7 Å². The Bertz CT molecular complexity index is 886. The van der Waals surface area contributed by atoms with Gasteiger partial charge in [-0.2, -0.15) is 0 Å². The summed E-state index contributed by atoms with van der Waals surface area (Å²) in [5, 5.41) is 0. The molecule has 3 fully saturated rings. The van der Waals surface area contributed by atoms with Crippen LogP contribution in [0.25, 0.3) is 0 Å². The molecule has 1 aromatic rings. The molecule has 3 heterocycles. The number of nitrogens with zero attached hydrogens (tertiary/aromatic N) is 4. The number of carbonyl (C=O) groups is 2. The van der Waals surface area contributed by atoms with Gasteiger partial charge in [-0.1, -0.05) is 31.6 Å². The Hall–Kier alpha value is -2.21. The zero-order chi connectivity index (χ0) is 21.1. The molecule has 6 heteroatoms. The van der Waals surface area contributed by atoms with E-state index in [1.54, 1.807) is 29.9 Å². The lowest BCUT2D eigenvalue weighted by molar-refractivity contribution is -0.135. The maximum atomic E-state index is 13.4. The monoisotopic (exact) mass is 408 g/mol. The Morgan fingerprint density at radius 3 is 2.57 bits per heavy atom. The van der Waals surface area contributed by atoms with Crippen LogP contribution < -0.4 is 0 Å². The Labute approximate surface area is 178 Å². The van der Waals surface area contributed by atoms with E-state index in [1.165, 1.54) is 17.7 Å². The molecule has 2 bridgehead atoms. The highest BCUT2D eigenvalue weighted by Gasteiger charge is 2.57. The van der Waals surface area contributed by atoms with Crippen molar-refractivity contribution in [3.05, 3.63) is 41.7 Å². The summed E-state index contributed by atoms with van der Waals surface area (Å²) in [5.41, 5.74) is 2.24. The minimum Gasteiger partial charge on any atom is -0.312 e. The van der Waals surface area contributed by atoms with Gasteiger partial charge in [0.25, 0.3) is 5.91 Å². The number of imide groups is 1. The summed E-state index contributed by atoms with van der Waals surface area (Å²) in [6.45, 7) is 7.86. The second kappa shape index (κ2) is 6.91. The lowest BCUT2D eigenvalue weighted by Crippen LogP contribution is -2.56. The number of carbonyl (C=O) groups excluding carboxylic acids is 2. The van der Waals surface area contributed by atoms with E-state index in [-0.39, 0.29) is 11.9 Å². The largest absolute Gasteiger partial charge is 0.327 e. The predicted molar refractivity (Wildman–Crippen MR) is 114 cm³/mol. The fraction of sp³-hybridized carbons (Fsp3) is 0.625. The molecule has 3 aliphatic carbocycles. The number of allylic oxidation sites excluding steroid dienone is 1. The number of pyridine rings is 1. The van der Waals surface area contributed by atoms with E-state index < -0.39 is 5.54 Å². The molecule has 3 amide bonds. The molecule has 6 nitrogen and oxygen atoms in total. The number of rotatable bonds is 4. The number of fused-ring (bicyclic) bond motifs is 1. The van der Waals surface area contributed by atoms with Crippen LogP contribution in [0.4, 0.5) is 4.79 Å². The van der Waals surface area contributed by atoms with Crippen molar-refractivity contribution in [1.29, 1.82) is 0 Å². The highest BCUT2D eigenvalue weighted by molar-refractivity contribution is 6.06. The van der Waals surface area contributed by atoms with E-state index in [0.29, 0.717) is 24.8 Å². The normalized spacial score (nSPS) is 29.9. The lowest BCUT2D eigenvalue weighted by Gasteiger charge is -2.57. The van der Waals surface area contributed by atoms with Crippen LogP contribution in [-0.2, 0) is 11.3 Å². The third-order valence-corrected chi connectivity index (χ3v) is 8.54. The van der Waals surface area contributed by atoms with Crippen molar-refractivity contribution < 1.29 is 9.59 Å². The first-order valence-electron chi connectivity index (χ1n) is 11.2. The second-order valence-electron chi connectivity index (χ2n) is 10.2. The molecule has 2 saturated heterocycles. The summed E-state index contributed by atoms with van der Waals surface area (Å²) < 4.78 is 0. The number of aromatic nitrogens is 1. The standard InChI is InChI=1S/C24H32N4O2/c1-23(2)19-7-6-18(20(23)13-19)16-27-11-8-24(9-12-27)21(29)28(22(30)26(24)3)15-17-5-4-10-25-14-17/h4-6,10,14,19-20H,7-9,11-13,15-16H2,1-3H3/t19-,20-/m0/s1. The van der Waals surface area contributed by atoms with Crippen molar-refractivity contribution in [3.8, 4) is 0 Å². The van der Waals surface area contributed by atoms with E-state index >= 15 is 0 Å². The molecule has 0 aromatic carbocycles. The van der Waals surface area contributed by atoms with Gasteiger partial charge in [-0.05, 0) is 54.6 Å². The SMILES string of the molecule is CN1C(=O)N(Cc2cccnc2)C(=O)C12CCN(CC1=CC[C@H]3C[C@@H]1C3(C)C)CC2. The third kappa shape index (κ3) is 2.83. The molecule has 1 spiro atoms. The molecule has 160 valence electrons. The van der Waals surface area contributed by atoms with Crippen molar-refractivity contribution in [2.75, 3.05) is 26.7 Å². The molecule has 1 aromatic heterocycles. The van der Waals surface area contributed by atoms with Crippen molar-refractivity contribution in [2.24, 2.45) is 17.3 Å². The van der Waals surface area contributed by atoms with Gasteiger partial charge < -0.3 is 4.90 Å². The number of urea groups is 1. The smallest absolute Gasteiger partial charge is 0.312 e. The number of likely N-dealkylation sites (N-methyl/N-ethyl adjacent to an activating group) is 1. The van der Waals surface area contributed by atoms with Gasteiger partial charge in [0.1, 0.15) is 5.54 Å². The second-order valence-corrected chi connectivity index (χ2v) is 10.2. The molecule has 6 rings (SSSR count). The number of hydrogen-bond acceptors (Lipinski definition) is 4. The highest BCUT2D eigenvalue weighted by atomic mass is 16.2. The van der Waals surface area contributed by atoms with E-state index in [9.17, 15) is 9.59 Å². The van der Waals surface area contributed by atoms with Crippen LogP contribution >= 0.6 is 0 Å². The Kier molecular flexibility index (Phi) is 4.54. The zero-order valence-corrected chi connectivity index (χ0v) is 18.3. The van der Waals surface area contributed by atoms with Crippen LogP contribution in [0, 0.1) is 17.3 Å². The summed E-state index contributed by atoms with van der Waals surface area (Å²) in [6.07, 6.45) is 9.88. The van der Waals surface area contributed by atoms with Crippen molar-refractivity contribution in [2.45, 2.75) is 51.6 Å². The molecule has 1 saturated carbocycles. The summed E-state index contributed by atoms with van der Waals surface area (Å²) in [6, 6.07) is 3.56. The van der Waals surface area contributed by atoms with Crippen LogP contribution in [-0.4, -0.2) is 63.8 Å².